The largest absolute Gasteiger partial charge is 0.384 e. The molecule has 0 saturated heterocycles. The summed E-state index contributed by atoms with van der Waals surface area (Å²) >= 11 is 13.4. The van der Waals surface area contributed by atoms with Gasteiger partial charge in [-0.1, -0.05) is 41.0 Å². The van der Waals surface area contributed by atoms with E-state index in [2.05, 4.69) is 0 Å². The van der Waals surface area contributed by atoms with Crippen molar-refractivity contribution in [2.75, 3.05) is 0 Å². The summed E-state index contributed by atoms with van der Waals surface area (Å²) in [5, 5.41) is 8.76. The van der Waals surface area contributed by atoms with Crippen molar-refractivity contribution in [3.63, 3.8) is 0 Å². The Hall–Kier alpha value is -1.16. The van der Waals surface area contributed by atoms with Gasteiger partial charge in [0.15, 0.2) is 0 Å². The fraction of sp³-hybridized carbons (Fsp3) is 0. The number of hydrogen-bond acceptors (Lipinski definition) is 2. The molecule has 5 heteroatoms. The zero-order valence-electron chi connectivity index (χ0n) is 9.28. The molecule has 0 bridgehead atoms. The highest BCUT2D eigenvalue weighted by Gasteiger charge is 2.10. The Labute approximate surface area is 120 Å². The lowest BCUT2D eigenvalue weighted by Gasteiger charge is -2.09. The molecule has 0 aliphatic carbocycles. The second-order valence-corrected chi connectivity index (χ2v) is 5.54. The van der Waals surface area contributed by atoms with Gasteiger partial charge in [0.25, 0.3) is 0 Å². The molecule has 2 rings (SSSR count). The van der Waals surface area contributed by atoms with E-state index in [1.165, 1.54) is 11.8 Å². The zero-order chi connectivity index (χ0) is 13.1. The number of nitrogens with one attached hydrogen (secondary N) is 1. The van der Waals surface area contributed by atoms with Crippen LogP contribution in [-0.4, -0.2) is 5.84 Å². The van der Waals surface area contributed by atoms with Gasteiger partial charge >= 0.3 is 0 Å². The highest BCUT2D eigenvalue weighted by molar-refractivity contribution is 7.99. The maximum absolute atomic E-state index is 7.58. The minimum Gasteiger partial charge on any atom is -0.384 e. The van der Waals surface area contributed by atoms with Gasteiger partial charge in [0.1, 0.15) is 5.84 Å². The summed E-state index contributed by atoms with van der Waals surface area (Å²) in [4.78, 5) is 1.88. The quantitative estimate of drug-likeness (QED) is 0.650. The SMILES string of the molecule is N=C(N)c1c(Cl)cccc1Sc1ccc(Cl)cc1. The molecule has 0 fully saturated rings. The molecule has 3 N–H and O–H groups in total. The third-order valence-corrected chi connectivity index (χ3v) is 3.92. The Morgan fingerprint density at radius 2 is 1.72 bits per heavy atom. The Balaban J connectivity index is 2.37. The van der Waals surface area contributed by atoms with Gasteiger partial charge in [0.05, 0.1) is 5.02 Å². The number of nitrogen functional groups attached to an aromatic ring is 1. The number of hydrogen-bond donors (Lipinski definition) is 2. The van der Waals surface area contributed by atoms with E-state index < -0.39 is 0 Å². The van der Waals surface area contributed by atoms with Crippen LogP contribution in [0.5, 0.6) is 0 Å². The first-order chi connectivity index (χ1) is 8.58. The first kappa shape index (κ1) is 13.3. The Morgan fingerprint density at radius 3 is 2.33 bits per heavy atom. The molecule has 0 aromatic heterocycles. The van der Waals surface area contributed by atoms with Gasteiger partial charge in [-0.05, 0) is 36.4 Å². The molecular formula is C13H10Cl2N2S. The van der Waals surface area contributed by atoms with Gasteiger partial charge in [-0.3, -0.25) is 5.41 Å². The molecule has 0 amide bonds. The molecule has 92 valence electrons. The van der Waals surface area contributed by atoms with E-state index in [1.54, 1.807) is 6.07 Å². The molecule has 0 saturated carbocycles. The fourth-order valence-corrected chi connectivity index (χ4v) is 2.93. The second kappa shape index (κ2) is 5.65. The molecule has 0 atom stereocenters. The number of benzene rings is 2. The van der Waals surface area contributed by atoms with Crippen molar-refractivity contribution in [2.45, 2.75) is 9.79 Å². The number of halogens is 2. The van der Waals surface area contributed by atoms with Crippen molar-refractivity contribution in [1.29, 1.82) is 5.41 Å². The first-order valence-corrected chi connectivity index (χ1v) is 6.71. The van der Waals surface area contributed by atoms with Gasteiger partial charge in [-0.2, -0.15) is 0 Å². The van der Waals surface area contributed by atoms with E-state index in [0.29, 0.717) is 15.6 Å². The van der Waals surface area contributed by atoms with Crippen LogP contribution in [0.3, 0.4) is 0 Å². The third kappa shape index (κ3) is 2.99. The van der Waals surface area contributed by atoms with Gasteiger partial charge in [-0.15, -0.1) is 0 Å². The molecule has 2 aromatic carbocycles. The number of amidine groups is 1. The molecule has 0 radical (unpaired) electrons. The summed E-state index contributed by atoms with van der Waals surface area (Å²) < 4.78 is 0. The fourth-order valence-electron chi connectivity index (χ4n) is 1.48. The average Bonchev–Trinajstić information content (AvgIpc) is 2.32. The molecule has 0 heterocycles. The molecule has 0 unspecified atom stereocenters. The van der Waals surface area contributed by atoms with Crippen molar-refractivity contribution in [1.82, 2.24) is 0 Å². The minimum absolute atomic E-state index is 0.0305. The zero-order valence-corrected chi connectivity index (χ0v) is 11.6. The lowest BCUT2D eigenvalue weighted by Crippen LogP contribution is -2.12. The highest BCUT2D eigenvalue weighted by atomic mass is 35.5. The summed E-state index contributed by atoms with van der Waals surface area (Å²) in [7, 11) is 0. The molecule has 0 aliphatic rings. The van der Waals surface area contributed by atoms with Crippen molar-refractivity contribution in [3.05, 3.63) is 58.1 Å². The Kier molecular flexibility index (Phi) is 4.17. The summed E-state index contributed by atoms with van der Waals surface area (Å²) in [6.45, 7) is 0. The van der Waals surface area contributed by atoms with Gasteiger partial charge < -0.3 is 5.73 Å². The van der Waals surface area contributed by atoms with Gasteiger partial charge in [0.2, 0.25) is 0 Å². The lowest BCUT2D eigenvalue weighted by molar-refractivity contribution is 1.33. The van der Waals surface area contributed by atoms with E-state index >= 15 is 0 Å². The van der Waals surface area contributed by atoms with Crippen molar-refractivity contribution < 1.29 is 0 Å². The van der Waals surface area contributed by atoms with Crippen LogP contribution in [0.1, 0.15) is 5.56 Å². The maximum Gasteiger partial charge on any atom is 0.125 e. The van der Waals surface area contributed by atoms with Crippen molar-refractivity contribution >= 4 is 40.8 Å². The van der Waals surface area contributed by atoms with Crippen LogP contribution in [-0.2, 0) is 0 Å². The van der Waals surface area contributed by atoms with Crippen molar-refractivity contribution in [2.24, 2.45) is 5.73 Å². The number of rotatable bonds is 3. The molecule has 0 spiro atoms. The van der Waals surface area contributed by atoms with Gasteiger partial charge in [-0.25, -0.2) is 0 Å². The van der Waals surface area contributed by atoms with Gasteiger partial charge in [0, 0.05) is 20.4 Å². The van der Waals surface area contributed by atoms with E-state index in [-0.39, 0.29) is 5.84 Å². The van der Waals surface area contributed by atoms with E-state index in [4.69, 9.17) is 34.3 Å². The minimum atomic E-state index is -0.0305. The number of nitrogens with two attached hydrogens (primary N) is 1. The normalized spacial score (nSPS) is 10.3. The Bertz CT molecular complexity index is 582. The molecular weight excluding hydrogens is 287 g/mol. The smallest absolute Gasteiger partial charge is 0.125 e. The summed E-state index contributed by atoms with van der Waals surface area (Å²) in [6, 6.07) is 12.9. The molecule has 2 nitrogen and oxygen atoms in total. The van der Waals surface area contributed by atoms with Crippen LogP contribution >= 0.6 is 35.0 Å². The lowest BCUT2D eigenvalue weighted by atomic mass is 10.2. The Morgan fingerprint density at radius 1 is 1.06 bits per heavy atom. The highest BCUT2D eigenvalue weighted by Crippen LogP contribution is 2.33. The third-order valence-electron chi connectivity index (χ3n) is 2.29. The van der Waals surface area contributed by atoms with Crippen LogP contribution in [0.15, 0.2) is 52.3 Å². The van der Waals surface area contributed by atoms with Crippen LogP contribution < -0.4 is 5.73 Å². The maximum atomic E-state index is 7.58. The monoisotopic (exact) mass is 296 g/mol. The standard InChI is InChI=1S/C13H10Cl2N2S/c14-8-4-6-9(7-5-8)18-11-3-1-2-10(15)12(11)13(16)17/h1-7H,(H3,16,17). The summed E-state index contributed by atoms with van der Waals surface area (Å²) in [6.07, 6.45) is 0. The summed E-state index contributed by atoms with van der Waals surface area (Å²) in [5.41, 5.74) is 6.13. The van der Waals surface area contributed by atoms with E-state index in [9.17, 15) is 0 Å². The second-order valence-electron chi connectivity index (χ2n) is 3.58. The molecule has 0 aliphatic heterocycles. The van der Waals surface area contributed by atoms with E-state index in [0.717, 1.165) is 9.79 Å². The molecule has 2 aromatic rings. The predicted octanol–water partition coefficient (Wildman–Crippen LogP) is 4.43. The topological polar surface area (TPSA) is 49.9 Å². The predicted molar refractivity (Wildman–Crippen MR) is 78.0 cm³/mol. The van der Waals surface area contributed by atoms with Crippen LogP contribution in [0.2, 0.25) is 10.0 Å². The summed E-state index contributed by atoms with van der Waals surface area (Å²) in [5.74, 6) is -0.0305. The first-order valence-electron chi connectivity index (χ1n) is 5.14. The average molecular weight is 297 g/mol. The van der Waals surface area contributed by atoms with Crippen LogP contribution in [0.25, 0.3) is 0 Å². The van der Waals surface area contributed by atoms with Crippen LogP contribution in [0.4, 0.5) is 0 Å². The van der Waals surface area contributed by atoms with Crippen LogP contribution in [0, 0.1) is 5.41 Å². The van der Waals surface area contributed by atoms with E-state index in [1.807, 2.05) is 36.4 Å². The molecule has 18 heavy (non-hydrogen) atoms. The van der Waals surface area contributed by atoms with Crippen molar-refractivity contribution in [3.8, 4) is 0 Å².